The molecule has 0 aliphatic rings. The van der Waals surface area contributed by atoms with Crippen LogP contribution in [0, 0.1) is 20.2 Å². The molecule has 0 radical (unpaired) electrons. The second-order valence-electron chi connectivity index (χ2n) is 3.72. The number of benzene rings is 1. The van der Waals surface area contributed by atoms with E-state index in [-0.39, 0.29) is 11.4 Å². The highest BCUT2D eigenvalue weighted by molar-refractivity contribution is 5.77. The Morgan fingerprint density at radius 3 is 2.62 bits per heavy atom. The number of hydrogen-bond acceptors (Lipinski definition) is 8. The highest BCUT2D eigenvalue weighted by Gasteiger charge is 2.18. The van der Waals surface area contributed by atoms with E-state index in [1.807, 2.05) is 0 Å². The lowest BCUT2D eigenvalue weighted by Crippen LogP contribution is -1.99. The average molecular weight is 288 g/mol. The second-order valence-corrected chi connectivity index (χ2v) is 3.72. The molecule has 1 N–H and O–H groups in total. The van der Waals surface area contributed by atoms with Crippen LogP contribution in [0.3, 0.4) is 0 Å². The molecular weight excluding hydrogens is 280 g/mol. The Bertz CT molecular complexity index is 703. The number of nitro groups is 2. The first-order valence-electron chi connectivity index (χ1n) is 5.56. The lowest BCUT2D eigenvalue weighted by atomic mass is 10.2. The summed E-state index contributed by atoms with van der Waals surface area (Å²) in [5.41, 5.74) is 2.12. The number of hydrogen-bond donors (Lipinski definition) is 1. The highest BCUT2D eigenvalue weighted by atomic mass is 16.6. The van der Waals surface area contributed by atoms with Crippen molar-refractivity contribution in [2.45, 2.75) is 0 Å². The van der Waals surface area contributed by atoms with Crippen molar-refractivity contribution in [1.82, 2.24) is 9.97 Å². The average Bonchev–Trinajstić information content (AvgIpc) is 2.48. The highest BCUT2D eigenvalue weighted by Crippen LogP contribution is 2.28. The molecule has 10 heteroatoms. The Morgan fingerprint density at radius 2 is 2.00 bits per heavy atom. The zero-order valence-corrected chi connectivity index (χ0v) is 10.4. The number of hydrazone groups is 1. The summed E-state index contributed by atoms with van der Waals surface area (Å²) in [6, 6.07) is 3.22. The molecule has 0 aliphatic heterocycles. The lowest BCUT2D eigenvalue weighted by Gasteiger charge is -2.01. The number of nitro benzene ring substituents is 2. The fraction of sp³-hybridized carbons (Fsp3) is 0. The molecule has 2 rings (SSSR count). The summed E-state index contributed by atoms with van der Waals surface area (Å²) in [5, 5.41) is 25.3. The van der Waals surface area contributed by atoms with Gasteiger partial charge < -0.3 is 0 Å². The quantitative estimate of drug-likeness (QED) is 0.502. The van der Waals surface area contributed by atoms with E-state index in [9.17, 15) is 20.2 Å². The summed E-state index contributed by atoms with van der Waals surface area (Å²) in [4.78, 5) is 27.8. The third-order valence-electron chi connectivity index (χ3n) is 2.35. The molecule has 0 aliphatic carbocycles. The summed E-state index contributed by atoms with van der Waals surface area (Å²) in [5.74, 6) is 0. The number of rotatable bonds is 5. The van der Waals surface area contributed by atoms with Gasteiger partial charge >= 0.3 is 5.69 Å². The van der Waals surface area contributed by atoms with Gasteiger partial charge in [-0.1, -0.05) is 0 Å². The number of nitrogens with one attached hydrogen (secondary N) is 1. The van der Waals surface area contributed by atoms with E-state index in [1.54, 1.807) is 0 Å². The van der Waals surface area contributed by atoms with Gasteiger partial charge in [0.2, 0.25) is 0 Å². The number of nitrogens with zero attached hydrogens (tertiary/aromatic N) is 5. The minimum absolute atomic E-state index is 0.0331. The Kier molecular flexibility index (Phi) is 4.09. The van der Waals surface area contributed by atoms with Gasteiger partial charge in [0, 0.05) is 18.5 Å². The van der Waals surface area contributed by atoms with Gasteiger partial charge in [-0.25, -0.2) is 0 Å². The molecule has 1 heterocycles. The first-order valence-corrected chi connectivity index (χ1v) is 5.56. The molecule has 21 heavy (non-hydrogen) atoms. The minimum atomic E-state index is -0.729. The van der Waals surface area contributed by atoms with E-state index in [2.05, 4.69) is 20.5 Å². The minimum Gasteiger partial charge on any atom is -0.272 e. The van der Waals surface area contributed by atoms with Gasteiger partial charge in [0.05, 0.1) is 28.3 Å². The van der Waals surface area contributed by atoms with Crippen LogP contribution in [0.2, 0.25) is 0 Å². The van der Waals surface area contributed by atoms with E-state index < -0.39 is 15.5 Å². The Hall–Kier alpha value is -3.43. The van der Waals surface area contributed by atoms with Crippen LogP contribution in [0.5, 0.6) is 0 Å². The summed E-state index contributed by atoms with van der Waals surface area (Å²) in [7, 11) is 0. The molecule has 0 saturated carbocycles. The number of aromatic nitrogens is 2. The molecule has 0 unspecified atom stereocenters. The third kappa shape index (κ3) is 3.53. The largest absolute Gasteiger partial charge is 0.301 e. The summed E-state index contributed by atoms with van der Waals surface area (Å²) in [6.07, 6.45) is 5.73. The van der Waals surface area contributed by atoms with Crippen LogP contribution in [-0.2, 0) is 0 Å². The molecule has 0 fully saturated rings. The van der Waals surface area contributed by atoms with Gasteiger partial charge in [0.15, 0.2) is 0 Å². The third-order valence-corrected chi connectivity index (χ3v) is 2.35. The predicted octanol–water partition coefficient (Wildman–Crippen LogP) is 1.74. The normalized spacial score (nSPS) is 10.5. The summed E-state index contributed by atoms with van der Waals surface area (Å²) in [6.45, 7) is 0. The number of anilines is 1. The molecule has 0 amide bonds. The van der Waals surface area contributed by atoms with E-state index in [1.165, 1.54) is 30.9 Å². The van der Waals surface area contributed by atoms with Crippen molar-refractivity contribution in [1.29, 1.82) is 0 Å². The van der Waals surface area contributed by atoms with E-state index in [0.29, 0.717) is 5.69 Å². The number of non-ortho nitro benzene ring substituents is 1. The van der Waals surface area contributed by atoms with Crippen molar-refractivity contribution in [3.05, 3.63) is 62.7 Å². The molecule has 1 aromatic heterocycles. The van der Waals surface area contributed by atoms with E-state index >= 15 is 0 Å². The van der Waals surface area contributed by atoms with Crippen LogP contribution >= 0.6 is 0 Å². The van der Waals surface area contributed by atoms with Crippen molar-refractivity contribution in [2.24, 2.45) is 5.10 Å². The van der Waals surface area contributed by atoms with Crippen LogP contribution in [0.1, 0.15) is 5.69 Å². The van der Waals surface area contributed by atoms with Crippen LogP contribution in [0.15, 0.2) is 41.9 Å². The molecule has 106 valence electrons. The zero-order chi connectivity index (χ0) is 15.2. The van der Waals surface area contributed by atoms with Gasteiger partial charge in [0.1, 0.15) is 11.4 Å². The molecule has 1 aromatic carbocycles. The molecule has 0 spiro atoms. The SMILES string of the molecule is O=[N+]([O-])c1ccc(N/N=C/c2cnccn2)c([N+](=O)[O-])c1. The molecule has 10 nitrogen and oxygen atoms in total. The standard InChI is InChI=1S/C11H8N6O4/c18-16(19)9-1-2-10(11(5-9)17(20)21)15-14-7-8-6-12-3-4-13-8/h1-7,15H/b14-7+. The fourth-order valence-corrected chi connectivity index (χ4v) is 1.42. The first kappa shape index (κ1) is 14.0. The molecule has 0 bridgehead atoms. The van der Waals surface area contributed by atoms with E-state index in [4.69, 9.17) is 0 Å². The van der Waals surface area contributed by atoms with Gasteiger partial charge in [-0.3, -0.25) is 35.6 Å². The summed E-state index contributed by atoms with van der Waals surface area (Å²) < 4.78 is 0. The topological polar surface area (TPSA) is 136 Å². The van der Waals surface area contributed by atoms with Crippen molar-refractivity contribution >= 4 is 23.3 Å². The summed E-state index contributed by atoms with van der Waals surface area (Å²) >= 11 is 0. The monoisotopic (exact) mass is 288 g/mol. The fourth-order valence-electron chi connectivity index (χ4n) is 1.42. The van der Waals surface area contributed by atoms with Crippen molar-refractivity contribution in [2.75, 3.05) is 5.43 Å². The van der Waals surface area contributed by atoms with Crippen molar-refractivity contribution < 1.29 is 9.85 Å². The first-order chi connectivity index (χ1) is 10.1. The molecule has 0 atom stereocenters. The lowest BCUT2D eigenvalue weighted by molar-refractivity contribution is -0.393. The maximum atomic E-state index is 10.9. The molecular formula is C11H8N6O4. The van der Waals surface area contributed by atoms with Crippen LogP contribution in [0.4, 0.5) is 17.1 Å². The second kappa shape index (κ2) is 6.14. The van der Waals surface area contributed by atoms with Gasteiger partial charge in [-0.05, 0) is 6.07 Å². The van der Waals surface area contributed by atoms with Crippen LogP contribution in [0.25, 0.3) is 0 Å². The Morgan fingerprint density at radius 1 is 1.19 bits per heavy atom. The Balaban J connectivity index is 2.22. The zero-order valence-electron chi connectivity index (χ0n) is 10.4. The van der Waals surface area contributed by atoms with Gasteiger partial charge in [0.25, 0.3) is 5.69 Å². The molecule has 2 aromatic rings. The Labute approximate surface area is 117 Å². The van der Waals surface area contributed by atoms with Crippen molar-refractivity contribution in [3.63, 3.8) is 0 Å². The molecule has 0 saturated heterocycles. The maximum absolute atomic E-state index is 10.9. The van der Waals surface area contributed by atoms with Gasteiger partial charge in [-0.15, -0.1) is 0 Å². The van der Waals surface area contributed by atoms with Crippen molar-refractivity contribution in [3.8, 4) is 0 Å². The predicted molar refractivity (Wildman–Crippen MR) is 73.0 cm³/mol. The van der Waals surface area contributed by atoms with Crippen LogP contribution < -0.4 is 5.43 Å². The maximum Gasteiger partial charge on any atom is 0.301 e. The smallest absolute Gasteiger partial charge is 0.272 e. The van der Waals surface area contributed by atoms with Crippen LogP contribution in [-0.4, -0.2) is 26.0 Å². The van der Waals surface area contributed by atoms with Gasteiger partial charge in [-0.2, -0.15) is 5.10 Å². The van der Waals surface area contributed by atoms with E-state index in [0.717, 1.165) is 12.1 Å².